The van der Waals surface area contributed by atoms with Gasteiger partial charge in [0, 0.05) is 32.1 Å². The Bertz CT molecular complexity index is 544. The van der Waals surface area contributed by atoms with Crippen LogP contribution >= 0.6 is 0 Å². The number of sulfonamides is 1. The standard InChI is InChI=1S/C11H18N4O3S/c1-19(16,17)15-6-4-14(5-7-15)8-10-12-11(18-13-10)9-2-3-9/h9H,2-8H2,1H3. The highest BCUT2D eigenvalue weighted by Crippen LogP contribution is 2.38. The van der Waals surface area contributed by atoms with E-state index in [1.54, 1.807) is 0 Å². The number of rotatable bonds is 4. The second-order valence-corrected chi connectivity index (χ2v) is 7.24. The molecule has 1 aromatic heterocycles. The van der Waals surface area contributed by atoms with Gasteiger partial charge < -0.3 is 4.52 Å². The van der Waals surface area contributed by atoms with Gasteiger partial charge in [0.15, 0.2) is 5.82 Å². The molecular weight excluding hydrogens is 268 g/mol. The average Bonchev–Trinajstić information content (AvgIpc) is 3.10. The van der Waals surface area contributed by atoms with Crippen molar-refractivity contribution in [1.29, 1.82) is 0 Å². The van der Waals surface area contributed by atoms with Gasteiger partial charge in [0.25, 0.3) is 0 Å². The molecule has 1 aromatic rings. The summed E-state index contributed by atoms with van der Waals surface area (Å²) >= 11 is 0. The Morgan fingerprint density at radius 3 is 2.53 bits per heavy atom. The van der Waals surface area contributed by atoms with Crippen LogP contribution in [-0.4, -0.2) is 60.2 Å². The predicted octanol–water partition coefficient (Wildman–Crippen LogP) is 0.0242. The van der Waals surface area contributed by atoms with E-state index in [1.165, 1.54) is 10.6 Å². The first-order valence-electron chi connectivity index (χ1n) is 6.52. The fourth-order valence-corrected chi connectivity index (χ4v) is 3.07. The first-order chi connectivity index (χ1) is 9.02. The van der Waals surface area contributed by atoms with Crippen LogP contribution < -0.4 is 0 Å². The van der Waals surface area contributed by atoms with Crippen LogP contribution in [0.1, 0.15) is 30.5 Å². The Morgan fingerprint density at radius 2 is 1.95 bits per heavy atom. The van der Waals surface area contributed by atoms with E-state index < -0.39 is 10.0 Å². The molecule has 0 atom stereocenters. The molecule has 0 bridgehead atoms. The third-order valence-electron chi connectivity index (χ3n) is 3.58. The van der Waals surface area contributed by atoms with Crippen molar-refractivity contribution >= 4 is 10.0 Å². The molecule has 0 amide bonds. The summed E-state index contributed by atoms with van der Waals surface area (Å²) in [7, 11) is -3.06. The number of hydrogen-bond acceptors (Lipinski definition) is 6. The normalized spacial score (nSPS) is 22.8. The first kappa shape index (κ1) is 13.0. The van der Waals surface area contributed by atoms with Gasteiger partial charge in [-0.2, -0.15) is 9.29 Å². The molecule has 3 rings (SSSR count). The summed E-state index contributed by atoms with van der Waals surface area (Å²) in [6.45, 7) is 3.12. The number of nitrogens with zero attached hydrogens (tertiary/aromatic N) is 4. The molecule has 0 spiro atoms. The van der Waals surface area contributed by atoms with Crippen molar-refractivity contribution in [3.63, 3.8) is 0 Å². The zero-order chi connectivity index (χ0) is 13.5. The van der Waals surface area contributed by atoms with E-state index in [1.807, 2.05) is 0 Å². The van der Waals surface area contributed by atoms with Gasteiger partial charge in [0.2, 0.25) is 15.9 Å². The van der Waals surface area contributed by atoms with Gasteiger partial charge in [0.05, 0.1) is 12.8 Å². The molecule has 2 fully saturated rings. The van der Waals surface area contributed by atoms with Gasteiger partial charge in [-0.25, -0.2) is 8.42 Å². The van der Waals surface area contributed by atoms with E-state index in [0.717, 1.165) is 18.7 Å². The van der Waals surface area contributed by atoms with E-state index in [-0.39, 0.29) is 0 Å². The maximum atomic E-state index is 11.4. The second kappa shape index (κ2) is 4.84. The van der Waals surface area contributed by atoms with Gasteiger partial charge in [-0.05, 0) is 12.8 Å². The van der Waals surface area contributed by atoms with Crippen LogP contribution in [-0.2, 0) is 16.6 Å². The largest absolute Gasteiger partial charge is 0.339 e. The Morgan fingerprint density at radius 1 is 1.26 bits per heavy atom. The van der Waals surface area contributed by atoms with Gasteiger partial charge in [-0.15, -0.1) is 0 Å². The Hall–Kier alpha value is -0.990. The summed E-state index contributed by atoms with van der Waals surface area (Å²) in [6, 6.07) is 0. The molecule has 2 aliphatic rings. The van der Waals surface area contributed by atoms with Crippen molar-refractivity contribution < 1.29 is 12.9 Å². The summed E-state index contributed by atoms with van der Waals surface area (Å²) in [4.78, 5) is 6.54. The Labute approximate surface area is 112 Å². The molecule has 1 aliphatic heterocycles. The van der Waals surface area contributed by atoms with Gasteiger partial charge in [0.1, 0.15) is 0 Å². The van der Waals surface area contributed by atoms with Crippen molar-refractivity contribution in [3.05, 3.63) is 11.7 Å². The lowest BCUT2D eigenvalue weighted by atomic mass is 10.3. The van der Waals surface area contributed by atoms with Crippen LogP contribution in [0.25, 0.3) is 0 Å². The molecule has 0 N–H and O–H groups in total. The molecule has 1 saturated carbocycles. The molecule has 106 valence electrons. The Balaban J connectivity index is 1.54. The SMILES string of the molecule is CS(=O)(=O)N1CCN(Cc2noc(C3CC3)n2)CC1. The first-order valence-corrected chi connectivity index (χ1v) is 8.37. The monoisotopic (exact) mass is 286 g/mol. The molecule has 0 radical (unpaired) electrons. The summed E-state index contributed by atoms with van der Waals surface area (Å²) in [5.41, 5.74) is 0. The van der Waals surface area contributed by atoms with Crippen molar-refractivity contribution in [2.45, 2.75) is 25.3 Å². The van der Waals surface area contributed by atoms with Gasteiger partial charge in [-0.3, -0.25) is 4.90 Å². The topological polar surface area (TPSA) is 79.5 Å². The van der Waals surface area contributed by atoms with Crippen molar-refractivity contribution in [1.82, 2.24) is 19.3 Å². The molecular formula is C11H18N4O3S. The smallest absolute Gasteiger partial charge is 0.229 e. The van der Waals surface area contributed by atoms with E-state index in [2.05, 4.69) is 15.0 Å². The second-order valence-electron chi connectivity index (χ2n) is 5.26. The lowest BCUT2D eigenvalue weighted by Gasteiger charge is -2.32. The lowest BCUT2D eigenvalue weighted by Crippen LogP contribution is -2.47. The summed E-state index contributed by atoms with van der Waals surface area (Å²) < 4.78 is 29.5. The quantitative estimate of drug-likeness (QED) is 0.776. The van der Waals surface area contributed by atoms with Crippen molar-refractivity contribution in [3.8, 4) is 0 Å². The van der Waals surface area contributed by atoms with Crippen molar-refractivity contribution in [2.75, 3.05) is 32.4 Å². The highest BCUT2D eigenvalue weighted by Gasteiger charge is 2.30. The minimum atomic E-state index is -3.06. The van der Waals surface area contributed by atoms with E-state index >= 15 is 0 Å². The molecule has 1 aliphatic carbocycles. The predicted molar refractivity (Wildman–Crippen MR) is 68.0 cm³/mol. The van der Waals surface area contributed by atoms with E-state index in [9.17, 15) is 8.42 Å². The molecule has 8 heteroatoms. The lowest BCUT2D eigenvalue weighted by molar-refractivity contribution is 0.177. The van der Waals surface area contributed by atoms with Crippen LogP contribution in [0.15, 0.2) is 4.52 Å². The number of piperazine rings is 1. The molecule has 7 nitrogen and oxygen atoms in total. The van der Waals surface area contributed by atoms with Crippen LogP contribution in [0, 0.1) is 0 Å². The summed E-state index contributed by atoms with van der Waals surface area (Å²) in [6.07, 6.45) is 3.55. The maximum absolute atomic E-state index is 11.4. The van der Waals surface area contributed by atoms with E-state index in [0.29, 0.717) is 44.5 Å². The van der Waals surface area contributed by atoms with Crippen LogP contribution in [0.4, 0.5) is 0 Å². The minimum Gasteiger partial charge on any atom is -0.339 e. The van der Waals surface area contributed by atoms with E-state index in [4.69, 9.17) is 4.52 Å². The van der Waals surface area contributed by atoms with Crippen molar-refractivity contribution in [2.24, 2.45) is 0 Å². The fourth-order valence-electron chi connectivity index (χ4n) is 2.25. The number of aromatic nitrogens is 2. The zero-order valence-corrected chi connectivity index (χ0v) is 11.8. The fraction of sp³-hybridized carbons (Fsp3) is 0.818. The maximum Gasteiger partial charge on any atom is 0.229 e. The third kappa shape index (κ3) is 3.13. The molecule has 19 heavy (non-hydrogen) atoms. The van der Waals surface area contributed by atoms with Gasteiger partial charge >= 0.3 is 0 Å². The zero-order valence-electron chi connectivity index (χ0n) is 10.9. The van der Waals surface area contributed by atoms with Gasteiger partial charge in [-0.1, -0.05) is 5.16 Å². The third-order valence-corrected chi connectivity index (χ3v) is 4.88. The average molecular weight is 286 g/mol. The molecule has 1 saturated heterocycles. The van der Waals surface area contributed by atoms with Crippen LogP contribution in [0.2, 0.25) is 0 Å². The highest BCUT2D eigenvalue weighted by molar-refractivity contribution is 7.88. The summed E-state index contributed by atoms with van der Waals surface area (Å²) in [5.74, 6) is 1.93. The molecule has 0 aromatic carbocycles. The Kier molecular flexibility index (Phi) is 3.32. The highest BCUT2D eigenvalue weighted by atomic mass is 32.2. The number of hydrogen-bond donors (Lipinski definition) is 0. The minimum absolute atomic E-state index is 0.475. The molecule has 0 unspecified atom stereocenters. The van der Waals surface area contributed by atoms with Crippen LogP contribution in [0.3, 0.4) is 0 Å². The van der Waals surface area contributed by atoms with Crippen LogP contribution in [0.5, 0.6) is 0 Å². The summed E-state index contributed by atoms with van der Waals surface area (Å²) in [5, 5.41) is 3.98. The molecule has 2 heterocycles.